The number of nitrogens with zero attached hydrogens (tertiary/aromatic N) is 1. The van der Waals surface area contributed by atoms with E-state index in [-0.39, 0.29) is 18.7 Å². The first kappa shape index (κ1) is 16.6. The molecular formula is C20H18N2O3. The molecule has 3 aromatic rings. The van der Waals surface area contributed by atoms with E-state index in [0.29, 0.717) is 5.56 Å². The van der Waals surface area contributed by atoms with Crippen LogP contribution >= 0.6 is 0 Å². The quantitative estimate of drug-likeness (QED) is 0.726. The predicted molar refractivity (Wildman–Crippen MR) is 95.0 cm³/mol. The molecule has 0 aliphatic rings. The van der Waals surface area contributed by atoms with Gasteiger partial charge in [-0.2, -0.15) is 0 Å². The number of nitrogens with one attached hydrogen (secondary N) is 1. The monoisotopic (exact) mass is 334 g/mol. The first-order valence-electron chi connectivity index (χ1n) is 8.01. The molecule has 5 nitrogen and oxygen atoms in total. The summed E-state index contributed by atoms with van der Waals surface area (Å²) in [5.74, 6) is -1.19. The van der Waals surface area contributed by atoms with Crippen LogP contribution in [0.2, 0.25) is 0 Å². The third-order valence-corrected chi connectivity index (χ3v) is 3.94. The second-order valence-corrected chi connectivity index (χ2v) is 5.84. The number of carbonyl (C=O) groups is 2. The molecule has 1 aromatic heterocycles. The number of para-hydroxylation sites is 1. The lowest BCUT2D eigenvalue weighted by atomic mass is 10.0. The van der Waals surface area contributed by atoms with Gasteiger partial charge in [-0.1, -0.05) is 48.5 Å². The highest BCUT2D eigenvalue weighted by Crippen LogP contribution is 2.21. The van der Waals surface area contributed by atoms with E-state index in [0.717, 1.165) is 16.5 Å². The van der Waals surface area contributed by atoms with Gasteiger partial charge < -0.3 is 10.4 Å². The van der Waals surface area contributed by atoms with Gasteiger partial charge in [0.2, 0.25) is 5.91 Å². The van der Waals surface area contributed by atoms with Crippen LogP contribution in [0.4, 0.5) is 0 Å². The van der Waals surface area contributed by atoms with Crippen LogP contribution in [-0.4, -0.2) is 22.0 Å². The van der Waals surface area contributed by atoms with E-state index in [1.807, 2.05) is 60.7 Å². The Bertz CT molecular complexity index is 894. The first-order chi connectivity index (χ1) is 12.1. The zero-order valence-electron chi connectivity index (χ0n) is 13.6. The van der Waals surface area contributed by atoms with Crippen LogP contribution in [0.3, 0.4) is 0 Å². The van der Waals surface area contributed by atoms with E-state index in [1.54, 1.807) is 6.20 Å². The molecular weight excluding hydrogens is 316 g/mol. The zero-order chi connectivity index (χ0) is 17.6. The summed E-state index contributed by atoms with van der Waals surface area (Å²) in [6.45, 7) is 0. The molecule has 0 aliphatic carbocycles. The van der Waals surface area contributed by atoms with Gasteiger partial charge in [0.15, 0.2) is 0 Å². The Labute approximate surface area is 145 Å². The SMILES string of the molecule is O=C(O)CC(NC(=O)Cc1ccccc1)c1cnc2ccccc2c1. The minimum absolute atomic E-state index is 0.194. The van der Waals surface area contributed by atoms with Gasteiger partial charge in [0.05, 0.1) is 24.4 Å². The van der Waals surface area contributed by atoms with E-state index < -0.39 is 12.0 Å². The number of benzene rings is 2. The van der Waals surface area contributed by atoms with Gasteiger partial charge in [-0.3, -0.25) is 14.6 Å². The molecule has 0 saturated heterocycles. The molecule has 0 radical (unpaired) electrons. The second kappa shape index (κ2) is 7.57. The molecule has 0 spiro atoms. The molecule has 0 aliphatic heterocycles. The van der Waals surface area contributed by atoms with Crippen molar-refractivity contribution < 1.29 is 14.7 Å². The fourth-order valence-electron chi connectivity index (χ4n) is 2.73. The lowest BCUT2D eigenvalue weighted by Crippen LogP contribution is -2.31. The van der Waals surface area contributed by atoms with Gasteiger partial charge in [-0.25, -0.2) is 0 Å². The Morgan fingerprint density at radius 2 is 1.76 bits per heavy atom. The number of aliphatic carboxylic acids is 1. The number of rotatable bonds is 6. The van der Waals surface area contributed by atoms with Crippen molar-refractivity contribution in [2.75, 3.05) is 0 Å². The standard InChI is InChI=1S/C20H18N2O3/c23-19(10-14-6-2-1-3-7-14)22-18(12-20(24)25)16-11-15-8-4-5-9-17(15)21-13-16/h1-9,11,13,18H,10,12H2,(H,22,23)(H,24,25). The van der Waals surface area contributed by atoms with Crippen LogP contribution in [0.25, 0.3) is 10.9 Å². The molecule has 1 amide bonds. The smallest absolute Gasteiger partial charge is 0.305 e. The molecule has 25 heavy (non-hydrogen) atoms. The summed E-state index contributed by atoms with van der Waals surface area (Å²) in [5.41, 5.74) is 2.39. The molecule has 5 heteroatoms. The number of hydrogen-bond acceptors (Lipinski definition) is 3. The van der Waals surface area contributed by atoms with Crippen LogP contribution < -0.4 is 5.32 Å². The van der Waals surface area contributed by atoms with Crippen molar-refractivity contribution in [3.63, 3.8) is 0 Å². The molecule has 0 fully saturated rings. The van der Waals surface area contributed by atoms with E-state index in [2.05, 4.69) is 10.3 Å². The summed E-state index contributed by atoms with van der Waals surface area (Å²) in [4.78, 5) is 27.9. The highest BCUT2D eigenvalue weighted by atomic mass is 16.4. The molecule has 0 bridgehead atoms. The summed E-state index contributed by atoms with van der Waals surface area (Å²) in [6.07, 6.45) is 1.64. The van der Waals surface area contributed by atoms with Crippen molar-refractivity contribution in [1.82, 2.24) is 10.3 Å². The van der Waals surface area contributed by atoms with E-state index in [1.165, 1.54) is 0 Å². The molecule has 3 rings (SSSR count). The van der Waals surface area contributed by atoms with E-state index in [4.69, 9.17) is 0 Å². The van der Waals surface area contributed by atoms with Crippen molar-refractivity contribution in [3.8, 4) is 0 Å². The van der Waals surface area contributed by atoms with Crippen LogP contribution in [0.15, 0.2) is 66.9 Å². The Morgan fingerprint density at radius 1 is 1.04 bits per heavy atom. The molecule has 2 N–H and O–H groups in total. The number of aromatic nitrogens is 1. The van der Waals surface area contributed by atoms with Crippen molar-refractivity contribution in [1.29, 1.82) is 0 Å². The number of carboxylic acid groups (broad SMARTS) is 1. The van der Waals surface area contributed by atoms with Crippen LogP contribution in [0.5, 0.6) is 0 Å². The Kier molecular flexibility index (Phi) is 5.04. The van der Waals surface area contributed by atoms with Crippen LogP contribution in [-0.2, 0) is 16.0 Å². The van der Waals surface area contributed by atoms with Gasteiger partial charge >= 0.3 is 5.97 Å². The predicted octanol–water partition coefficient (Wildman–Crippen LogP) is 3.11. The third kappa shape index (κ3) is 4.41. The molecule has 1 unspecified atom stereocenters. The molecule has 1 atom stereocenters. The average molecular weight is 334 g/mol. The van der Waals surface area contributed by atoms with Gasteiger partial charge in [0.1, 0.15) is 0 Å². The summed E-state index contributed by atoms with van der Waals surface area (Å²) in [7, 11) is 0. The summed E-state index contributed by atoms with van der Waals surface area (Å²) >= 11 is 0. The van der Waals surface area contributed by atoms with Crippen LogP contribution in [0, 0.1) is 0 Å². The van der Waals surface area contributed by atoms with Crippen molar-refractivity contribution >= 4 is 22.8 Å². The Balaban J connectivity index is 1.80. The molecule has 0 saturated carbocycles. The lowest BCUT2D eigenvalue weighted by Gasteiger charge is -2.18. The van der Waals surface area contributed by atoms with Crippen molar-refractivity contribution in [2.45, 2.75) is 18.9 Å². The van der Waals surface area contributed by atoms with Gasteiger partial charge in [0.25, 0.3) is 0 Å². The van der Waals surface area contributed by atoms with Crippen molar-refractivity contribution in [3.05, 3.63) is 78.0 Å². The van der Waals surface area contributed by atoms with Crippen LogP contribution in [0.1, 0.15) is 23.6 Å². The second-order valence-electron chi connectivity index (χ2n) is 5.84. The topological polar surface area (TPSA) is 79.3 Å². The van der Waals surface area contributed by atoms with E-state index in [9.17, 15) is 14.7 Å². The fourth-order valence-corrected chi connectivity index (χ4v) is 2.73. The first-order valence-corrected chi connectivity index (χ1v) is 8.01. The highest BCUT2D eigenvalue weighted by Gasteiger charge is 2.19. The number of carbonyl (C=O) groups excluding carboxylic acids is 1. The highest BCUT2D eigenvalue weighted by molar-refractivity contribution is 5.81. The normalized spacial score (nSPS) is 11.8. The lowest BCUT2D eigenvalue weighted by molar-refractivity contribution is -0.137. The van der Waals surface area contributed by atoms with Gasteiger partial charge in [0, 0.05) is 11.6 Å². The number of pyridine rings is 1. The van der Waals surface area contributed by atoms with Crippen molar-refractivity contribution in [2.24, 2.45) is 0 Å². The minimum Gasteiger partial charge on any atom is -0.481 e. The summed E-state index contributed by atoms with van der Waals surface area (Å²) < 4.78 is 0. The maximum atomic E-state index is 12.3. The summed E-state index contributed by atoms with van der Waals surface area (Å²) in [6, 6.07) is 18.2. The molecule has 2 aromatic carbocycles. The maximum absolute atomic E-state index is 12.3. The minimum atomic E-state index is -0.974. The molecule has 1 heterocycles. The largest absolute Gasteiger partial charge is 0.481 e. The fraction of sp³-hybridized carbons (Fsp3) is 0.150. The number of carboxylic acids is 1. The third-order valence-electron chi connectivity index (χ3n) is 3.94. The van der Waals surface area contributed by atoms with Gasteiger partial charge in [-0.05, 0) is 23.3 Å². The number of amides is 1. The zero-order valence-corrected chi connectivity index (χ0v) is 13.6. The van der Waals surface area contributed by atoms with E-state index >= 15 is 0 Å². The molecule has 126 valence electrons. The Hall–Kier alpha value is -3.21. The Morgan fingerprint density at radius 3 is 2.52 bits per heavy atom. The summed E-state index contributed by atoms with van der Waals surface area (Å²) in [5, 5.41) is 12.9. The number of hydrogen-bond donors (Lipinski definition) is 2. The maximum Gasteiger partial charge on any atom is 0.305 e. The average Bonchev–Trinajstić information content (AvgIpc) is 2.61. The number of fused-ring (bicyclic) bond motifs is 1. The van der Waals surface area contributed by atoms with Gasteiger partial charge in [-0.15, -0.1) is 0 Å².